The Kier molecular flexibility index (Phi) is 1.94. The van der Waals surface area contributed by atoms with Gasteiger partial charge in [-0.25, -0.2) is 4.79 Å². The summed E-state index contributed by atoms with van der Waals surface area (Å²) in [6.45, 7) is 7.24. The Hall–Kier alpha value is -1.31. The maximum atomic E-state index is 10.8. The fourth-order valence-corrected chi connectivity index (χ4v) is 1.07. The molecule has 0 atom stereocenters. The van der Waals surface area contributed by atoms with E-state index in [4.69, 9.17) is 4.42 Å². The van der Waals surface area contributed by atoms with Crippen molar-refractivity contribution in [2.75, 3.05) is 0 Å². The van der Waals surface area contributed by atoms with Gasteiger partial charge in [0.25, 0.3) is 0 Å². The van der Waals surface area contributed by atoms with E-state index in [1.165, 1.54) is 6.07 Å². The SMILES string of the molecule is C=Cc1c(C)cc(=O)oc1C. The Bertz CT molecular complexity index is 308. The lowest BCUT2D eigenvalue weighted by atomic mass is 10.1. The highest BCUT2D eigenvalue weighted by Gasteiger charge is 2.00. The Balaban J connectivity index is 3.48. The van der Waals surface area contributed by atoms with Gasteiger partial charge in [0.1, 0.15) is 5.76 Å². The van der Waals surface area contributed by atoms with Gasteiger partial charge in [-0.1, -0.05) is 12.7 Å². The van der Waals surface area contributed by atoms with E-state index < -0.39 is 0 Å². The van der Waals surface area contributed by atoms with Crippen molar-refractivity contribution in [2.45, 2.75) is 13.8 Å². The van der Waals surface area contributed by atoms with Crippen molar-refractivity contribution in [2.24, 2.45) is 0 Å². The number of hydrogen-bond donors (Lipinski definition) is 0. The number of hydrogen-bond acceptors (Lipinski definition) is 2. The van der Waals surface area contributed by atoms with Crippen LogP contribution < -0.4 is 5.63 Å². The molecule has 0 bridgehead atoms. The summed E-state index contributed by atoms with van der Waals surface area (Å²) in [7, 11) is 0. The third-order valence-electron chi connectivity index (χ3n) is 1.60. The molecule has 0 fully saturated rings. The molecule has 0 spiro atoms. The molecule has 0 saturated heterocycles. The van der Waals surface area contributed by atoms with E-state index >= 15 is 0 Å². The first-order valence-corrected chi connectivity index (χ1v) is 3.39. The molecule has 1 aromatic heterocycles. The van der Waals surface area contributed by atoms with Crippen LogP contribution in [-0.2, 0) is 0 Å². The van der Waals surface area contributed by atoms with Crippen molar-refractivity contribution < 1.29 is 4.42 Å². The van der Waals surface area contributed by atoms with Gasteiger partial charge in [-0.05, 0) is 19.4 Å². The second-order valence-corrected chi connectivity index (χ2v) is 2.42. The van der Waals surface area contributed by atoms with Gasteiger partial charge in [0, 0.05) is 11.6 Å². The summed E-state index contributed by atoms with van der Waals surface area (Å²) in [6.07, 6.45) is 1.69. The average molecular weight is 150 g/mol. The summed E-state index contributed by atoms with van der Waals surface area (Å²) in [5, 5.41) is 0. The molecule has 11 heavy (non-hydrogen) atoms. The molecular formula is C9H10O2. The molecule has 2 heteroatoms. The fourth-order valence-electron chi connectivity index (χ4n) is 1.07. The van der Waals surface area contributed by atoms with E-state index in [0.29, 0.717) is 5.76 Å². The molecule has 0 aromatic carbocycles. The topological polar surface area (TPSA) is 30.2 Å². The minimum atomic E-state index is -0.300. The number of rotatable bonds is 1. The predicted octanol–water partition coefficient (Wildman–Crippen LogP) is 1.90. The van der Waals surface area contributed by atoms with Gasteiger partial charge < -0.3 is 4.42 Å². The lowest BCUT2D eigenvalue weighted by Crippen LogP contribution is -2.01. The average Bonchev–Trinajstić information content (AvgIpc) is 1.85. The van der Waals surface area contributed by atoms with Crippen LogP contribution in [0.1, 0.15) is 16.9 Å². The number of aryl methyl sites for hydroxylation is 2. The maximum absolute atomic E-state index is 10.8. The fraction of sp³-hybridized carbons (Fsp3) is 0.222. The Morgan fingerprint density at radius 3 is 2.64 bits per heavy atom. The summed E-state index contributed by atoms with van der Waals surface area (Å²) in [4.78, 5) is 10.8. The molecule has 0 radical (unpaired) electrons. The van der Waals surface area contributed by atoms with Crippen molar-refractivity contribution in [3.63, 3.8) is 0 Å². The van der Waals surface area contributed by atoms with Crippen LogP contribution in [0.25, 0.3) is 6.08 Å². The van der Waals surface area contributed by atoms with E-state index in [9.17, 15) is 4.79 Å². The second-order valence-electron chi connectivity index (χ2n) is 2.42. The Labute approximate surface area is 65.2 Å². The van der Waals surface area contributed by atoms with Gasteiger partial charge in [0.15, 0.2) is 0 Å². The second kappa shape index (κ2) is 2.74. The highest BCUT2D eigenvalue weighted by atomic mass is 16.4. The van der Waals surface area contributed by atoms with Gasteiger partial charge in [-0.15, -0.1) is 0 Å². The Morgan fingerprint density at radius 2 is 2.18 bits per heavy atom. The molecule has 0 aliphatic carbocycles. The van der Waals surface area contributed by atoms with Crippen LogP contribution in [0.4, 0.5) is 0 Å². The first kappa shape index (κ1) is 7.79. The molecule has 0 unspecified atom stereocenters. The molecule has 1 rings (SSSR count). The molecule has 0 saturated carbocycles. The zero-order chi connectivity index (χ0) is 8.43. The standard InChI is InChI=1S/C9H10O2/c1-4-8-6(2)5-9(10)11-7(8)3/h4-5H,1H2,2-3H3. The quantitative estimate of drug-likeness (QED) is 0.612. The largest absolute Gasteiger partial charge is 0.428 e. The van der Waals surface area contributed by atoms with Crippen LogP contribution in [0.5, 0.6) is 0 Å². The first-order chi connectivity index (χ1) is 5.15. The van der Waals surface area contributed by atoms with Crippen molar-refractivity contribution in [3.8, 4) is 0 Å². The molecule has 2 nitrogen and oxygen atoms in total. The zero-order valence-electron chi connectivity index (χ0n) is 6.68. The highest BCUT2D eigenvalue weighted by Crippen LogP contribution is 2.10. The monoisotopic (exact) mass is 150 g/mol. The summed E-state index contributed by atoms with van der Waals surface area (Å²) < 4.78 is 4.85. The predicted molar refractivity (Wildman–Crippen MR) is 44.5 cm³/mol. The molecule has 0 aliphatic heterocycles. The van der Waals surface area contributed by atoms with Gasteiger partial charge >= 0.3 is 5.63 Å². The third-order valence-corrected chi connectivity index (χ3v) is 1.60. The van der Waals surface area contributed by atoms with Gasteiger partial charge in [-0.3, -0.25) is 0 Å². The van der Waals surface area contributed by atoms with E-state index in [1.54, 1.807) is 13.0 Å². The van der Waals surface area contributed by atoms with E-state index in [-0.39, 0.29) is 5.63 Å². The summed E-state index contributed by atoms with van der Waals surface area (Å²) in [5.41, 5.74) is 1.52. The minimum absolute atomic E-state index is 0.300. The maximum Gasteiger partial charge on any atom is 0.336 e. The Morgan fingerprint density at radius 1 is 1.55 bits per heavy atom. The smallest absolute Gasteiger partial charge is 0.336 e. The molecule has 1 heterocycles. The molecular weight excluding hydrogens is 140 g/mol. The molecule has 1 aromatic rings. The van der Waals surface area contributed by atoms with Crippen LogP contribution in [0.2, 0.25) is 0 Å². The normalized spacial score (nSPS) is 9.64. The minimum Gasteiger partial charge on any atom is -0.428 e. The van der Waals surface area contributed by atoms with Crippen LogP contribution in [0.3, 0.4) is 0 Å². The summed E-state index contributed by atoms with van der Waals surface area (Å²) >= 11 is 0. The lowest BCUT2D eigenvalue weighted by Gasteiger charge is -2.00. The molecule has 0 aliphatic rings. The van der Waals surface area contributed by atoms with Crippen LogP contribution in [-0.4, -0.2) is 0 Å². The van der Waals surface area contributed by atoms with Gasteiger partial charge in [0.2, 0.25) is 0 Å². The van der Waals surface area contributed by atoms with Crippen LogP contribution in [0.15, 0.2) is 21.9 Å². The van der Waals surface area contributed by atoms with Crippen LogP contribution in [0, 0.1) is 13.8 Å². The molecule has 0 N–H and O–H groups in total. The van der Waals surface area contributed by atoms with Crippen molar-refractivity contribution in [1.82, 2.24) is 0 Å². The first-order valence-electron chi connectivity index (χ1n) is 3.39. The lowest BCUT2D eigenvalue weighted by molar-refractivity contribution is 0.477. The van der Waals surface area contributed by atoms with E-state index in [1.807, 2.05) is 6.92 Å². The summed E-state index contributed by atoms with van der Waals surface area (Å²) in [5.74, 6) is 0.630. The van der Waals surface area contributed by atoms with Crippen LogP contribution >= 0.6 is 0 Å². The molecule has 58 valence electrons. The van der Waals surface area contributed by atoms with Gasteiger partial charge in [0.05, 0.1) is 0 Å². The molecule has 0 amide bonds. The zero-order valence-corrected chi connectivity index (χ0v) is 6.68. The van der Waals surface area contributed by atoms with Crippen molar-refractivity contribution in [1.29, 1.82) is 0 Å². The van der Waals surface area contributed by atoms with E-state index in [0.717, 1.165) is 11.1 Å². The summed E-state index contributed by atoms with van der Waals surface area (Å²) in [6, 6.07) is 1.46. The van der Waals surface area contributed by atoms with Crippen molar-refractivity contribution in [3.05, 3.63) is 40.0 Å². The third kappa shape index (κ3) is 1.40. The van der Waals surface area contributed by atoms with Crippen molar-refractivity contribution >= 4 is 6.08 Å². The van der Waals surface area contributed by atoms with E-state index in [2.05, 4.69) is 6.58 Å². The van der Waals surface area contributed by atoms with Gasteiger partial charge in [-0.2, -0.15) is 0 Å². The highest BCUT2D eigenvalue weighted by molar-refractivity contribution is 5.52.